The van der Waals surface area contributed by atoms with E-state index in [0.29, 0.717) is 29.3 Å². The summed E-state index contributed by atoms with van der Waals surface area (Å²) in [6.07, 6.45) is 0.419. The predicted molar refractivity (Wildman–Crippen MR) is 97.7 cm³/mol. The molecule has 0 aromatic heterocycles. The van der Waals surface area contributed by atoms with Gasteiger partial charge in [-0.1, -0.05) is 19.1 Å². The van der Waals surface area contributed by atoms with Crippen molar-refractivity contribution < 1.29 is 24.3 Å². The van der Waals surface area contributed by atoms with Gasteiger partial charge in [-0.15, -0.1) is 11.8 Å². The topological polar surface area (TPSA) is 116 Å². The molecule has 0 aliphatic carbocycles. The summed E-state index contributed by atoms with van der Waals surface area (Å²) in [5, 5.41) is 13.6. The van der Waals surface area contributed by atoms with E-state index in [1.54, 1.807) is 47.9 Å². The van der Waals surface area contributed by atoms with Gasteiger partial charge in [-0.3, -0.25) is 19.2 Å². The third-order valence-corrected chi connectivity index (χ3v) is 4.84. The number of benzene rings is 1. The Morgan fingerprint density at radius 1 is 1.23 bits per heavy atom. The fourth-order valence-electron chi connectivity index (χ4n) is 2.46. The molecule has 0 radical (unpaired) electrons. The molecule has 1 aliphatic rings. The second-order valence-corrected chi connectivity index (χ2v) is 6.77. The summed E-state index contributed by atoms with van der Waals surface area (Å²) >= 11 is 1.55. The normalized spacial score (nSPS) is 16.2. The van der Waals surface area contributed by atoms with Crippen molar-refractivity contribution >= 4 is 41.1 Å². The Hall–Kier alpha value is -2.55. The number of nitrogens with zero attached hydrogens (tertiary/aromatic N) is 1. The van der Waals surface area contributed by atoms with Gasteiger partial charge in [0.05, 0.1) is 12.3 Å². The van der Waals surface area contributed by atoms with Gasteiger partial charge in [-0.05, 0) is 17.7 Å². The van der Waals surface area contributed by atoms with Gasteiger partial charge in [-0.2, -0.15) is 0 Å². The lowest BCUT2D eigenvalue weighted by atomic mass is 10.1. The number of anilines is 1. The van der Waals surface area contributed by atoms with Crippen LogP contribution in [0.2, 0.25) is 0 Å². The van der Waals surface area contributed by atoms with E-state index in [1.165, 1.54) is 0 Å². The number of carboxylic acid groups (broad SMARTS) is 1. The SMILES string of the molecule is CCC(=O)N1CSCC1C(=O)Nc1ccc(CC(=O)NCC(=O)O)cc1. The van der Waals surface area contributed by atoms with Crippen LogP contribution in [-0.2, 0) is 25.6 Å². The first-order valence-corrected chi connectivity index (χ1v) is 9.31. The number of aliphatic carboxylic acids is 1. The summed E-state index contributed by atoms with van der Waals surface area (Å²) in [5.41, 5.74) is 1.27. The molecule has 9 heteroatoms. The molecular formula is C17H21N3O5S. The Bertz CT molecular complexity index is 692. The van der Waals surface area contributed by atoms with Gasteiger partial charge >= 0.3 is 5.97 Å². The van der Waals surface area contributed by atoms with Gasteiger partial charge < -0.3 is 20.6 Å². The van der Waals surface area contributed by atoms with Crippen molar-refractivity contribution in [1.29, 1.82) is 0 Å². The maximum Gasteiger partial charge on any atom is 0.322 e. The molecule has 1 saturated heterocycles. The van der Waals surface area contributed by atoms with Gasteiger partial charge in [0.25, 0.3) is 0 Å². The van der Waals surface area contributed by atoms with Crippen LogP contribution in [0.5, 0.6) is 0 Å². The maximum atomic E-state index is 12.4. The number of carbonyl (C=O) groups excluding carboxylic acids is 3. The number of rotatable bonds is 7. The first kappa shape index (κ1) is 19.8. The quantitative estimate of drug-likeness (QED) is 0.642. The molecule has 8 nitrogen and oxygen atoms in total. The molecule has 1 aliphatic heterocycles. The Labute approximate surface area is 155 Å². The van der Waals surface area contributed by atoms with Crippen LogP contribution in [-0.4, -0.2) is 57.9 Å². The van der Waals surface area contributed by atoms with Crippen LogP contribution in [0.1, 0.15) is 18.9 Å². The Morgan fingerprint density at radius 3 is 2.54 bits per heavy atom. The van der Waals surface area contributed by atoms with E-state index >= 15 is 0 Å². The highest BCUT2D eigenvalue weighted by atomic mass is 32.2. The third kappa shape index (κ3) is 5.48. The monoisotopic (exact) mass is 379 g/mol. The number of carbonyl (C=O) groups is 4. The summed E-state index contributed by atoms with van der Waals surface area (Å²) in [4.78, 5) is 47.9. The smallest absolute Gasteiger partial charge is 0.322 e. The van der Waals surface area contributed by atoms with Crippen LogP contribution < -0.4 is 10.6 Å². The van der Waals surface area contributed by atoms with E-state index in [-0.39, 0.29) is 24.1 Å². The van der Waals surface area contributed by atoms with Gasteiger partial charge in [0.15, 0.2) is 0 Å². The molecule has 3 amide bonds. The van der Waals surface area contributed by atoms with Crippen LogP contribution >= 0.6 is 11.8 Å². The van der Waals surface area contributed by atoms with E-state index in [2.05, 4.69) is 10.6 Å². The van der Waals surface area contributed by atoms with Crippen LogP contribution in [0.3, 0.4) is 0 Å². The summed E-state index contributed by atoms with van der Waals surface area (Å²) in [6.45, 7) is 1.35. The summed E-state index contributed by atoms with van der Waals surface area (Å²) in [6, 6.07) is 6.24. The van der Waals surface area contributed by atoms with Gasteiger partial charge in [0, 0.05) is 17.9 Å². The highest BCUT2D eigenvalue weighted by Crippen LogP contribution is 2.23. The van der Waals surface area contributed by atoms with E-state index in [4.69, 9.17) is 5.11 Å². The minimum atomic E-state index is -1.10. The van der Waals surface area contributed by atoms with Gasteiger partial charge in [0.2, 0.25) is 17.7 Å². The maximum absolute atomic E-state index is 12.4. The molecule has 0 bridgehead atoms. The van der Waals surface area contributed by atoms with E-state index < -0.39 is 18.6 Å². The molecular weight excluding hydrogens is 358 g/mol. The second-order valence-electron chi connectivity index (χ2n) is 5.77. The fraction of sp³-hybridized carbons (Fsp3) is 0.412. The van der Waals surface area contributed by atoms with Crippen molar-refractivity contribution in [2.45, 2.75) is 25.8 Å². The first-order chi connectivity index (χ1) is 12.4. The van der Waals surface area contributed by atoms with Crippen molar-refractivity contribution in [3.63, 3.8) is 0 Å². The molecule has 3 N–H and O–H groups in total. The number of thioether (sulfide) groups is 1. The number of hydrogen-bond donors (Lipinski definition) is 3. The minimum Gasteiger partial charge on any atom is -0.480 e. The average molecular weight is 379 g/mol. The summed E-state index contributed by atoms with van der Waals surface area (Å²) in [7, 11) is 0. The highest BCUT2D eigenvalue weighted by Gasteiger charge is 2.33. The lowest BCUT2D eigenvalue weighted by Crippen LogP contribution is -2.44. The first-order valence-electron chi connectivity index (χ1n) is 8.16. The predicted octanol–water partition coefficient (Wildman–Crippen LogP) is 0.680. The Balaban J connectivity index is 1.90. The van der Waals surface area contributed by atoms with Gasteiger partial charge in [0.1, 0.15) is 12.6 Å². The molecule has 1 heterocycles. The zero-order valence-corrected chi connectivity index (χ0v) is 15.2. The molecule has 1 unspecified atom stereocenters. The molecule has 2 rings (SSSR count). The van der Waals surface area contributed by atoms with Crippen molar-refractivity contribution in [2.24, 2.45) is 0 Å². The zero-order valence-electron chi connectivity index (χ0n) is 14.4. The van der Waals surface area contributed by atoms with Crippen molar-refractivity contribution in [3.8, 4) is 0 Å². The van der Waals surface area contributed by atoms with Crippen molar-refractivity contribution in [1.82, 2.24) is 10.2 Å². The van der Waals surface area contributed by atoms with Crippen LogP contribution in [0.15, 0.2) is 24.3 Å². The summed E-state index contributed by atoms with van der Waals surface area (Å²) in [5.74, 6) is -0.672. The number of nitrogens with one attached hydrogen (secondary N) is 2. The fourth-order valence-corrected chi connectivity index (χ4v) is 3.64. The largest absolute Gasteiger partial charge is 0.480 e. The zero-order chi connectivity index (χ0) is 19.1. The Morgan fingerprint density at radius 2 is 1.92 bits per heavy atom. The van der Waals surface area contributed by atoms with Crippen LogP contribution in [0, 0.1) is 0 Å². The molecule has 1 aromatic rings. The van der Waals surface area contributed by atoms with Crippen molar-refractivity contribution in [2.75, 3.05) is 23.5 Å². The van der Waals surface area contributed by atoms with Crippen LogP contribution in [0.25, 0.3) is 0 Å². The number of amides is 3. The lowest BCUT2D eigenvalue weighted by Gasteiger charge is -2.22. The Kier molecular flexibility index (Phi) is 7.02. The molecule has 140 valence electrons. The standard InChI is InChI=1S/C17H21N3O5S/c1-2-15(22)20-10-26-9-13(20)17(25)19-12-5-3-11(4-6-12)7-14(21)18-8-16(23)24/h3-6,13H,2,7-10H2,1H3,(H,18,21)(H,19,25)(H,23,24). The van der Waals surface area contributed by atoms with E-state index in [9.17, 15) is 19.2 Å². The molecule has 1 aromatic carbocycles. The van der Waals surface area contributed by atoms with Crippen LogP contribution in [0.4, 0.5) is 5.69 Å². The highest BCUT2D eigenvalue weighted by molar-refractivity contribution is 7.99. The lowest BCUT2D eigenvalue weighted by molar-refractivity contribution is -0.137. The molecule has 26 heavy (non-hydrogen) atoms. The van der Waals surface area contributed by atoms with Crippen molar-refractivity contribution in [3.05, 3.63) is 29.8 Å². The molecule has 1 atom stereocenters. The molecule has 0 saturated carbocycles. The molecule has 1 fully saturated rings. The van der Waals surface area contributed by atoms with E-state index in [1.807, 2.05) is 0 Å². The van der Waals surface area contributed by atoms with E-state index in [0.717, 1.165) is 0 Å². The minimum absolute atomic E-state index is 0.0436. The number of carboxylic acids is 1. The number of hydrogen-bond acceptors (Lipinski definition) is 5. The average Bonchev–Trinajstić information content (AvgIpc) is 3.11. The summed E-state index contributed by atoms with van der Waals surface area (Å²) < 4.78 is 0. The second kappa shape index (κ2) is 9.23. The third-order valence-electron chi connectivity index (χ3n) is 3.83. The molecule has 0 spiro atoms. The van der Waals surface area contributed by atoms with Gasteiger partial charge in [-0.25, -0.2) is 0 Å².